The van der Waals surface area contributed by atoms with Crippen LogP contribution in [0, 0.1) is 0 Å². The predicted octanol–water partition coefficient (Wildman–Crippen LogP) is 1.81. The third kappa shape index (κ3) is 3.86. The van der Waals surface area contributed by atoms with Crippen molar-refractivity contribution in [2.45, 2.75) is 25.4 Å². The molecule has 1 fully saturated rings. The molecule has 1 saturated heterocycles. The molecule has 2 amide bonds. The van der Waals surface area contributed by atoms with Crippen LogP contribution in [-0.4, -0.2) is 51.1 Å². The highest BCUT2D eigenvalue weighted by atomic mass is 32.2. The Kier molecular flexibility index (Phi) is 5.24. The fourth-order valence-electron chi connectivity index (χ4n) is 2.07. The summed E-state index contributed by atoms with van der Waals surface area (Å²) in [4.78, 5) is 29.0. The van der Waals surface area contributed by atoms with Gasteiger partial charge in [-0.3, -0.25) is 4.79 Å². The minimum atomic E-state index is -0.872. The number of carbonyl (C=O) groups excluding carboxylic acids is 1. The summed E-state index contributed by atoms with van der Waals surface area (Å²) in [5.41, 5.74) is 0. The average molecular weight is 315 g/mol. The fraction of sp³-hybridized carbons (Fsp3) is 0.583. The molecule has 2 rings (SSSR count). The van der Waals surface area contributed by atoms with Crippen LogP contribution in [0.25, 0.3) is 0 Å². The number of rotatable bonds is 4. The van der Waals surface area contributed by atoms with Crippen LogP contribution >= 0.6 is 23.1 Å². The number of aliphatic carboxylic acids is 1. The number of carboxylic acids is 1. The topological polar surface area (TPSA) is 82.5 Å². The van der Waals surface area contributed by atoms with E-state index < -0.39 is 5.97 Å². The van der Waals surface area contributed by atoms with Crippen molar-refractivity contribution < 1.29 is 14.7 Å². The molecule has 2 unspecified atom stereocenters. The van der Waals surface area contributed by atoms with Crippen LogP contribution < -0.4 is 5.32 Å². The Bertz CT molecular complexity index is 467. The molecule has 1 aromatic rings. The second-order valence-electron chi connectivity index (χ2n) is 4.56. The van der Waals surface area contributed by atoms with Gasteiger partial charge in [0.2, 0.25) is 0 Å². The quantitative estimate of drug-likeness (QED) is 0.885. The lowest BCUT2D eigenvalue weighted by molar-refractivity contribution is -0.137. The lowest BCUT2D eigenvalue weighted by atomic mass is 10.2. The summed E-state index contributed by atoms with van der Waals surface area (Å²) in [6.07, 6.45) is 1.69. The molecule has 2 heterocycles. The van der Waals surface area contributed by atoms with Crippen molar-refractivity contribution in [2.24, 2.45) is 0 Å². The van der Waals surface area contributed by atoms with Crippen molar-refractivity contribution in [3.8, 4) is 0 Å². The van der Waals surface area contributed by atoms with Crippen molar-refractivity contribution in [3.63, 3.8) is 0 Å². The molecule has 2 N–H and O–H groups in total. The molecule has 1 aromatic heterocycles. The summed E-state index contributed by atoms with van der Waals surface area (Å²) in [7, 11) is 0. The zero-order valence-corrected chi connectivity index (χ0v) is 12.7. The first-order chi connectivity index (χ1) is 9.58. The molecule has 0 bridgehead atoms. The van der Waals surface area contributed by atoms with Crippen molar-refractivity contribution in [1.82, 2.24) is 15.2 Å². The van der Waals surface area contributed by atoms with E-state index >= 15 is 0 Å². The van der Waals surface area contributed by atoms with E-state index in [0.717, 1.165) is 10.8 Å². The smallest absolute Gasteiger partial charge is 0.318 e. The fourth-order valence-corrected chi connectivity index (χ4v) is 3.78. The number of thiazole rings is 1. The summed E-state index contributed by atoms with van der Waals surface area (Å²) in [5.74, 6) is 0.642. The molecular weight excluding hydrogens is 298 g/mol. The van der Waals surface area contributed by atoms with E-state index in [2.05, 4.69) is 10.3 Å². The van der Waals surface area contributed by atoms with Crippen molar-refractivity contribution in [3.05, 3.63) is 16.6 Å². The Morgan fingerprint density at radius 3 is 3.10 bits per heavy atom. The number of urea groups is 1. The molecule has 0 radical (unpaired) electrons. The molecule has 1 aliphatic heterocycles. The minimum Gasteiger partial charge on any atom is -0.481 e. The molecule has 20 heavy (non-hydrogen) atoms. The summed E-state index contributed by atoms with van der Waals surface area (Å²) in [5, 5.41) is 14.5. The Morgan fingerprint density at radius 1 is 1.65 bits per heavy atom. The van der Waals surface area contributed by atoms with Gasteiger partial charge < -0.3 is 15.3 Å². The second kappa shape index (κ2) is 6.94. The van der Waals surface area contributed by atoms with Gasteiger partial charge in [0.05, 0.1) is 18.5 Å². The molecule has 1 aliphatic rings. The maximum absolute atomic E-state index is 12.3. The highest BCUT2D eigenvalue weighted by Gasteiger charge is 2.29. The lowest BCUT2D eigenvalue weighted by Crippen LogP contribution is -2.51. The monoisotopic (exact) mass is 315 g/mol. The van der Waals surface area contributed by atoms with E-state index in [-0.39, 0.29) is 24.5 Å². The van der Waals surface area contributed by atoms with Gasteiger partial charge in [-0.2, -0.15) is 11.8 Å². The van der Waals surface area contributed by atoms with Crippen molar-refractivity contribution >= 4 is 35.1 Å². The van der Waals surface area contributed by atoms with E-state index in [0.29, 0.717) is 12.3 Å². The van der Waals surface area contributed by atoms with Crippen LogP contribution in [0.1, 0.15) is 24.4 Å². The third-order valence-corrected chi connectivity index (χ3v) is 5.11. The minimum absolute atomic E-state index is 0.00788. The molecule has 0 spiro atoms. The number of carbonyl (C=O) groups is 2. The number of amides is 2. The van der Waals surface area contributed by atoms with Crippen molar-refractivity contribution in [2.75, 3.05) is 18.1 Å². The van der Waals surface area contributed by atoms with E-state index in [9.17, 15) is 9.59 Å². The van der Waals surface area contributed by atoms with Gasteiger partial charge in [0, 0.05) is 29.6 Å². The van der Waals surface area contributed by atoms with Gasteiger partial charge in [0.25, 0.3) is 0 Å². The number of hydrogen-bond acceptors (Lipinski definition) is 5. The van der Waals surface area contributed by atoms with Crippen LogP contribution in [0.5, 0.6) is 0 Å². The van der Waals surface area contributed by atoms with Crippen molar-refractivity contribution in [1.29, 1.82) is 0 Å². The summed E-state index contributed by atoms with van der Waals surface area (Å²) in [6.45, 7) is 2.46. The van der Waals surface area contributed by atoms with Crippen LogP contribution in [0.4, 0.5) is 4.79 Å². The van der Waals surface area contributed by atoms with E-state index in [1.54, 1.807) is 22.9 Å². The second-order valence-corrected chi connectivity index (χ2v) is 6.64. The molecule has 0 aliphatic carbocycles. The Morgan fingerprint density at radius 2 is 2.45 bits per heavy atom. The molecule has 110 valence electrons. The Hall–Kier alpha value is -1.28. The zero-order valence-electron chi connectivity index (χ0n) is 11.1. The highest BCUT2D eigenvalue weighted by Crippen LogP contribution is 2.21. The van der Waals surface area contributed by atoms with Crippen LogP contribution in [0.2, 0.25) is 0 Å². The number of thioether (sulfide) groups is 1. The van der Waals surface area contributed by atoms with Gasteiger partial charge in [-0.05, 0) is 6.92 Å². The van der Waals surface area contributed by atoms with E-state index in [4.69, 9.17) is 5.11 Å². The summed E-state index contributed by atoms with van der Waals surface area (Å²) in [6, 6.07) is -0.614. The molecule has 0 saturated carbocycles. The molecule has 6 nitrogen and oxygen atoms in total. The molecular formula is C12H17N3O3S2. The van der Waals surface area contributed by atoms with Gasteiger partial charge in [0.1, 0.15) is 5.01 Å². The van der Waals surface area contributed by atoms with E-state index in [1.807, 2.05) is 12.3 Å². The van der Waals surface area contributed by atoms with Crippen LogP contribution in [0.3, 0.4) is 0 Å². The molecule has 2 atom stereocenters. The number of hydrogen-bond donors (Lipinski definition) is 2. The SMILES string of the molecule is CC(NC(=O)N1CCSCC1CC(=O)O)c1nccs1. The summed E-state index contributed by atoms with van der Waals surface area (Å²) < 4.78 is 0. The molecule has 8 heteroatoms. The van der Waals surface area contributed by atoms with Crippen LogP contribution in [0.15, 0.2) is 11.6 Å². The van der Waals surface area contributed by atoms with Gasteiger partial charge in [-0.15, -0.1) is 11.3 Å². The number of nitrogens with zero attached hydrogens (tertiary/aromatic N) is 2. The Balaban J connectivity index is 1.97. The standard InChI is InChI=1S/C12H17N3O3S2/c1-8(11-13-2-4-20-11)14-12(18)15-3-5-19-7-9(15)6-10(16)17/h2,4,8-9H,3,5-7H2,1H3,(H,14,18)(H,16,17). The maximum Gasteiger partial charge on any atom is 0.318 e. The highest BCUT2D eigenvalue weighted by molar-refractivity contribution is 7.99. The largest absolute Gasteiger partial charge is 0.481 e. The third-order valence-electron chi connectivity index (χ3n) is 3.06. The van der Waals surface area contributed by atoms with Gasteiger partial charge >= 0.3 is 12.0 Å². The number of nitrogens with one attached hydrogen (secondary N) is 1. The first-order valence-corrected chi connectivity index (χ1v) is 8.37. The first-order valence-electron chi connectivity index (χ1n) is 6.34. The zero-order chi connectivity index (χ0) is 14.5. The van der Waals surface area contributed by atoms with Gasteiger partial charge in [0.15, 0.2) is 0 Å². The average Bonchev–Trinajstić information content (AvgIpc) is 2.92. The normalized spacial score (nSPS) is 20.4. The predicted molar refractivity (Wildman–Crippen MR) is 79.1 cm³/mol. The van der Waals surface area contributed by atoms with Gasteiger partial charge in [-0.1, -0.05) is 0 Å². The van der Waals surface area contributed by atoms with Crippen LogP contribution in [-0.2, 0) is 4.79 Å². The first kappa shape index (κ1) is 15.1. The number of carboxylic acid groups (broad SMARTS) is 1. The van der Waals surface area contributed by atoms with E-state index in [1.165, 1.54) is 11.3 Å². The number of aromatic nitrogens is 1. The van der Waals surface area contributed by atoms with Gasteiger partial charge in [-0.25, -0.2) is 9.78 Å². The Labute approximate surface area is 125 Å². The summed E-state index contributed by atoms with van der Waals surface area (Å²) >= 11 is 3.18. The maximum atomic E-state index is 12.3. The lowest BCUT2D eigenvalue weighted by Gasteiger charge is -2.35. The molecule has 0 aromatic carbocycles.